The second-order valence-corrected chi connectivity index (χ2v) is 6.85. The highest BCUT2D eigenvalue weighted by Crippen LogP contribution is 2.23. The molecule has 3 heterocycles. The third kappa shape index (κ3) is 3.77. The Labute approximate surface area is 158 Å². The zero-order valence-electron chi connectivity index (χ0n) is 15.6. The molecule has 1 aliphatic rings. The summed E-state index contributed by atoms with van der Waals surface area (Å²) in [5.74, 6) is 0.544. The number of hydrogen-bond acceptors (Lipinski definition) is 5. The normalized spacial score (nSPS) is 15.1. The minimum Gasteiger partial charge on any atom is -0.370 e. The summed E-state index contributed by atoms with van der Waals surface area (Å²) in [5, 5.41) is 4.40. The zero-order chi connectivity index (χ0) is 18.8. The van der Waals surface area contributed by atoms with Crippen molar-refractivity contribution in [2.75, 3.05) is 36.0 Å². The summed E-state index contributed by atoms with van der Waals surface area (Å²) in [7, 11) is 1.91. The van der Waals surface area contributed by atoms with E-state index in [0.717, 1.165) is 61.2 Å². The average Bonchev–Trinajstić information content (AvgIpc) is 2.87. The molecule has 3 aromatic rings. The number of hydrogen-bond donors (Lipinski definition) is 0. The van der Waals surface area contributed by atoms with E-state index in [4.69, 9.17) is 4.98 Å². The van der Waals surface area contributed by atoms with Crippen molar-refractivity contribution in [2.24, 2.45) is 7.05 Å². The molecule has 27 heavy (non-hydrogen) atoms. The fourth-order valence-electron chi connectivity index (χ4n) is 3.53. The van der Waals surface area contributed by atoms with E-state index in [0.29, 0.717) is 0 Å². The van der Waals surface area contributed by atoms with E-state index in [9.17, 15) is 4.39 Å². The number of nitrogens with zero attached hydrogens (tertiary/aromatic N) is 6. The maximum absolute atomic E-state index is 13.2. The number of anilines is 2. The lowest BCUT2D eigenvalue weighted by Gasteiger charge is -2.23. The lowest BCUT2D eigenvalue weighted by molar-refractivity contribution is 0.627. The molecule has 1 aliphatic heterocycles. The van der Waals surface area contributed by atoms with Gasteiger partial charge in [-0.2, -0.15) is 5.10 Å². The fraction of sp³-hybridized carbons (Fsp3) is 0.350. The highest BCUT2D eigenvalue weighted by molar-refractivity contribution is 5.62. The van der Waals surface area contributed by atoms with Gasteiger partial charge in [-0.15, -0.1) is 0 Å². The molecule has 0 radical (unpaired) electrons. The van der Waals surface area contributed by atoms with Gasteiger partial charge in [-0.05, 0) is 43.7 Å². The lowest BCUT2D eigenvalue weighted by Crippen LogP contribution is -2.31. The van der Waals surface area contributed by atoms with Gasteiger partial charge < -0.3 is 9.80 Å². The predicted octanol–water partition coefficient (Wildman–Crippen LogP) is 3.04. The van der Waals surface area contributed by atoms with E-state index in [1.807, 2.05) is 44.6 Å². The van der Waals surface area contributed by atoms with E-state index < -0.39 is 0 Å². The van der Waals surface area contributed by atoms with Crippen LogP contribution in [0.2, 0.25) is 0 Å². The first kappa shape index (κ1) is 17.5. The fourth-order valence-corrected chi connectivity index (χ4v) is 3.53. The van der Waals surface area contributed by atoms with Crippen molar-refractivity contribution in [3.8, 4) is 11.3 Å². The molecule has 1 fully saturated rings. The second-order valence-electron chi connectivity index (χ2n) is 6.85. The van der Waals surface area contributed by atoms with Crippen molar-refractivity contribution in [3.63, 3.8) is 0 Å². The van der Waals surface area contributed by atoms with Crippen LogP contribution in [0, 0.1) is 12.7 Å². The van der Waals surface area contributed by atoms with Crippen LogP contribution in [0.25, 0.3) is 11.3 Å². The van der Waals surface area contributed by atoms with Crippen LogP contribution in [0.15, 0.2) is 42.7 Å². The van der Waals surface area contributed by atoms with Gasteiger partial charge in [0.25, 0.3) is 0 Å². The molecule has 0 amide bonds. The molecule has 0 aliphatic carbocycles. The van der Waals surface area contributed by atoms with Gasteiger partial charge >= 0.3 is 0 Å². The molecule has 1 aromatic carbocycles. The standard InChI is InChI=1S/C20H23FN6/c1-15-18(14-25(2)24-15)19-8-9-22-20(23-19)27-11-3-10-26(12-13-27)17-6-4-16(21)5-7-17/h4-9,14H,3,10-13H2,1-2H3. The lowest BCUT2D eigenvalue weighted by atomic mass is 10.2. The molecule has 0 atom stereocenters. The van der Waals surface area contributed by atoms with Crippen LogP contribution in [0.4, 0.5) is 16.0 Å². The van der Waals surface area contributed by atoms with Crippen LogP contribution in [-0.2, 0) is 7.05 Å². The monoisotopic (exact) mass is 366 g/mol. The Balaban J connectivity index is 1.52. The summed E-state index contributed by atoms with van der Waals surface area (Å²) in [6, 6.07) is 8.64. The smallest absolute Gasteiger partial charge is 0.225 e. The number of rotatable bonds is 3. The van der Waals surface area contributed by atoms with Gasteiger partial charge in [0.1, 0.15) is 5.82 Å². The minimum absolute atomic E-state index is 0.203. The van der Waals surface area contributed by atoms with Gasteiger partial charge in [0.2, 0.25) is 5.95 Å². The van der Waals surface area contributed by atoms with Crippen LogP contribution >= 0.6 is 0 Å². The van der Waals surface area contributed by atoms with Crippen LogP contribution in [-0.4, -0.2) is 45.9 Å². The van der Waals surface area contributed by atoms with Gasteiger partial charge in [0.15, 0.2) is 0 Å². The van der Waals surface area contributed by atoms with Crippen LogP contribution < -0.4 is 9.80 Å². The summed E-state index contributed by atoms with van der Waals surface area (Å²) in [4.78, 5) is 13.8. The van der Waals surface area contributed by atoms with Crippen molar-refractivity contribution < 1.29 is 4.39 Å². The summed E-state index contributed by atoms with van der Waals surface area (Å²) in [5.41, 5.74) is 3.94. The summed E-state index contributed by atoms with van der Waals surface area (Å²) >= 11 is 0. The molecule has 140 valence electrons. The van der Waals surface area contributed by atoms with Gasteiger partial charge in [0.05, 0.1) is 11.4 Å². The Morgan fingerprint density at radius 1 is 0.963 bits per heavy atom. The molecule has 0 N–H and O–H groups in total. The Morgan fingerprint density at radius 3 is 2.44 bits per heavy atom. The van der Waals surface area contributed by atoms with Crippen LogP contribution in [0.5, 0.6) is 0 Å². The van der Waals surface area contributed by atoms with E-state index >= 15 is 0 Å². The molecule has 6 nitrogen and oxygen atoms in total. The summed E-state index contributed by atoms with van der Waals surface area (Å²) < 4.78 is 15.0. The SMILES string of the molecule is Cc1nn(C)cc1-c1ccnc(N2CCCN(c3ccc(F)cc3)CC2)n1. The third-order valence-corrected chi connectivity index (χ3v) is 4.90. The molecule has 0 bridgehead atoms. The number of benzene rings is 1. The Kier molecular flexibility index (Phi) is 4.75. The largest absolute Gasteiger partial charge is 0.370 e. The molecule has 0 spiro atoms. The topological polar surface area (TPSA) is 50.1 Å². The Hall–Kier alpha value is -2.96. The van der Waals surface area contributed by atoms with E-state index in [-0.39, 0.29) is 5.82 Å². The predicted molar refractivity (Wildman–Crippen MR) is 104 cm³/mol. The maximum Gasteiger partial charge on any atom is 0.225 e. The number of aryl methyl sites for hydroxylation is 2. The van der Waals surface area contributed by atoms with Crippen molar-refractivity contribution in [2.45, 2.75) is 13.3 Å². The van der Waals surface area contributed by atoms with E-state index in [2.05, 4.69) is 19.9 Å². The van der Waals surface area contributed by atoms with Crippen LogP contribution in [0.3, 0.4) is 0 Å². The quantitative estimate of drug-likeness (QED) is 0.713. The number of aromatic nitrogens is 4. The molecular weight excluding hydrogens is 343 g/mol. The summed E-state index contributed by atoms with van der Waals surface area (Å²) in [6.07, 6.45) is 4.80. The molecule has 1 saturated heterocycles. The zero-order valence-corrected chi connectivity index (χ0v) is 15.6. The Morgan fingerprint density at radius 2 is 1.70 bits per heavy atom. The molecule has 2 aromatic heterocycles. The van der Waals surface area contributed by atoms with Gasteiger partial charge in [-0.1, -0.05) is 0 Å². The van der Waals surface area contributed by atoms with Crippen molar-refractivity contribution >= 4 is 11.6 Å². The first-order valence-electron chi connectivity index (χ1n) is 9.19. The molecule has 7 heteroatoms. The minimum atomic E-state index is -0.203. The van der Waals surface area contributed by atoms with Crippen molar-refractivity contribution in [1.29, 1.82) is 0 Å². The molecule has 0 unspecified atom stereocenters. The number of halogens is 1. The van der Waals surface area contributed by atoms with E-state index in [1.165, 1.54) is 12.1 Å². The molecular formula is C20H23FN6. The third-order valence-electron chi connectivity index (χ3n) is 4.90. The Bertz CT molecular complexity index is 920. The van der Waals surface area contributed by atoms with Crippen molar-refractivity contribution in [1.82, 2.24) is 19.7 Å². The first-order chi connectivity index (χ1) is 13.1. The maximum atomic E-state index is 13.2. The average molecular weight is 366 g/mol. The van der Waals surface area contributed by atoms with E-state index in [1.54, 1.807) is 4.68 Å². The first-order valence-corrected chi connectivity index (χ1v) is 9.19. The molecule has 4 rings (SSSR count). The van der Waals surface area contributed by atoms with Crippen LogP contribution in [0.1, 0.15) is 12.1 Å². The van der Waals surface area contributed by atoms with Gasteiger partial charge in [0, 0.05) is 56.9 Å². The van der Waals surface area contributed by atoms with Gasteiger partial charge in [-0.25, -0.2) is 14.4 Å². The highest BCUT2D eigenvalue weighted by Gasteiger charge is 2.18. The highest BCUT2D eigenvalue weighted by atomic mass is 19.1. The molecule has 0 saturated carbocycles. The summed E-state index contributed by atoms with van der Waals surface area (Å²) in [6.45, 7) is 5.50. The second kappa shape index (κ2) is 7.34. The van der Waals surface area contributed by atoms with Gasteiger partial charge in [-0.3, -0.25) is 4.68 Å². The van der Waals surface area contributed by atoms with Crippen molar-refractivity contribution in [3.05, 3.63) is 54.2 Å².